The zero-order valence-electron chi connectivity index (χ0n) is 20.5. The van der Waals surface area contributed by atoms with Gasteiger partial charge in [0.1, 0.15) is 11.9 Å². The normalized spacial score (nSPS) is 17.7. The molecule has 0 aliphatic carbocycles. The van der Waals surface area contributed by atoms with E-state index in [9.17, 15) is 36.2 Å². The minimum absolute atomic E-state index is 0.0222. The molecule has 206 valence electrons. The Morgan fingerprint density at radius 1 is 0.825 bits per heavy atom. The molecule has 1 N–H and O–H groups in total. The first-order chi connectivity index (χ1) is 18.8. The highest BCUT2D eigenvalue weighted by atomic mass is 19.4. The number of amides is 1. The molecule has 5 rings (SSSR count). The number of nitrogens with zero attached hydrogens (tertiary/aromatic N) is 4. The third kappa shape index (κ3) is 5.39. The van der Waals surface area contributed by atoms with E-state index < -0.39 is 35.0 Å². The van der Waals surface area contributed by atoms with Crippen molar-refractivity contribution < 1.29 is 36.2 Å². The summed E-state index contributed by atoms with van der Waals surface area (Å²) in [5.41, 5.74) is -3.42. The van der Waals surface area contributed by atoms with Gasteiger partial charge in [-0.1, -0.05) is 12.1 Å². The van der Waals surface area contributed by atoms with Crippen molar-refractivity contribution in [1.29, 1.82) is 0 Å². The second kappa shape index (κ2) is 10.0. The third-order valence-electron chi connectivity index (χ3n) is 6.77. The summed E-state index contributed by atoms with van der Waals surface area (Å²) >= 11 is 0. The molecule has 0 radical (unpaired) electrons. The Kier molecular flexibility index (Phi) is 6.82. The molecule has 1 unspecified atom stereocenters. The van der Waals surface area contributed by atoms with Gasteiger partial charge in [0, 0.05) is 48.0 Å². The number of pyridine rings is 1. The van der Waals surface area contributed by atoms with Crippen LogP contribution in [-0.2, 0) is 18.0 Å². The molecule has 12 heteroatoms. The average molecular weight is 558 g/mol. The molecular formula is C28H20F6N4O2. The van der Waals surface area contributed by atoms with E-state index in [-0.39, 0.29) is 53.4 Å². The first kappa shape index (κ1) is 27.3. The fourth-order valence-electron chi connectivity index (χ4n) is 4.74. The molecule has 4 aromatic rings. The molecule has 1 saturated heterocycles. The van der Waals surface area contributed by atoms with Gasteiger partial charge in [-0.05, 0) is 59.5 Å². The second-order valence-corrected chi connectivity index (χ2v) is 9.43. The summed E-state index contributed by atoms with van der Waals surface area (Å²) in [4.78, 5) is 26.7. The molecule has 2 aromatic heterocycles. The molecule has 1 amide bonds. The summed E-state index contributed by atoms with van der Waals surface area (Å²) in [6.45, 7) is 0.198. The van der Waals surface area contributed by atoms with Gasteiger partial charge < -0.3 is 10.0 Å². The van der Waals surface area contributed by atoms with Crippen LogP contribution in [0.1, 0.15) is 33.5 Å². The number of aliphatic hydroxyl groups is 1. The summed E-state index contributed by atoms with van der Waals surface area (Å²) in [6.07, 6.45) is -2.82. The van der Waals surface area contributed by atoms with E-state index in [0.29, 0.717) is 17.7 Å². The minimum atomic E-state index is -5.03. The van der Waals surface area contributed by atoms with Gasteiger partial charge in [0.05, 0.1) is 17.7 Å². The van der Waals surface area contributed by atoms with Crippen LogP contribution in [0.3, 0.4) is 0 Å². The lowest BCUT2D eigenvalue weighted by atomic mass is 9.91. The van der Waals surface area contributed by atoms with E-state index >= 15 is 0 Å². The Hall–Kier alpha value is -4.32. The standard InChI is InChI=1S/C28H20F6N4O2/c29-27(30,31)21-8-18(9-22(11-21)28(32,33)34)23-4-3-17(10-24(23)19-12-36-16-37-13-19)25(39)38-7-5-26(40,15-38)20-2-1-6-35-14-20/h1-4,6,8-14,16,40H,5,7,15H2. The minimum Gasteiger partial charge on any atom is -0.383 e. The van der Waals surface area contributed by atoms with Crippen LogP contribution in [0.5, 0.6) is 0 Å². The Bertz CT molecular complexity index is 1510. The molecular weight excluding hydrogens is 538 g/mol. The van der Waals surface area contributed by atoms with Crippen LogP contribution in [0.25, 0.3) is 22.3 Å². The number of benzene rings is 2. The first-order valence-electron chi connectivity index (χ1n) is 12.0. The van der Waals surface area contributed by atoms with Gasteiger partial charge in [0.2, 0.25) is 0 Å². The van der Waals surface area contributed by atoms with Gasteiger partial charge in [0.25, 0.3) is 5.91 Å². The maximum atomic E-state index is 13.5. The highest BCUT2D eigenvalue weighted by molar-refractivity contribution is 5.98. The van der Waals surface area contributed by atoms with Gasteiger partial charge in [0.15, 0.2) is 0 Å². The average Bonchev–Trinajstić information content (AvgIpc) is 3.35. The van der Waals surface area contributed by atoms with Crippen molar-refractivity contribution in [2.75, 3.05) is 13.1 Å². The highest BCUT2D eigenvalue weighted by Crippen LogP contribution is 2.41. The molecule has 0 bridgehead atoms. The molecule has 6 nitrogen and oxygen atoms in total. The van der Waals surface area contributed by atoms with Crippen LogP contribution in [0.2, 0.25) is 0 Å². The Morgan fingerprint density at radius 2 is 1.50 bits per heavy atom. The van der Waals surface area contributed by atoms with Gasteiger partial charge in [-0.25, -0.2) is 9.97 Å². The van der Waals surface area contributed by atoms with E-state index in [4.69, 9.17) is 0 Å². The summed E-state index contributed by atoms with van der Waals surface area (Å²) in [7, 11) is 0. The van der Waals surface area contributed by atoms with Gasteiger partial charge in [-0.2, -0.15) is 26.3 Å². The number of alkyl halides is 6. The molecule has 1 aliphatic heterocycles. The van der Waals surface area contributed by atoms with E-state index in [0.717, 1.165) is 0 Å². The summed E-state index contributed by atoms with van der Waals surface area (Å²) in [5, 5.41) is 11.1. The molecule has 1 fully saturated rings. The maximum Gasteiger partial charge on any atom is 0.416 e. The number of aromatic nitrogens is 3. The van der Waals surface area contributed by atoms with Crippen LogP contribution in [0, 0.1) is 0 Å². The number of carbonyl (C=O) groups excluding carboxylic acids is 1. The molecule has 3 heterocycles. The smallest absolute Gasteiger partial charge is 0.383 e. The van der Waals surface area contributed by atoms with Crippen molar-refractivity contribution in [2.45, 2.75) is 24.4 Å². The van der Waals surface area contributed by atoms with Gasteiger partial charge >= 0.3 is 12.4 Å². The Morgan fingerprint density at radius 3 is 2.10 bits per heavy atom. The number of hydrogen-bond acceptors (Lipinski definition) is 5. The Balaban J connectivity index is 1.58. The lowest BCUT2D eigenvalue weighted by Crippen LogP contribution is -2.34. The van der Waals surface area contributed by atoms with Crippen LogP contribution in [0.4, 0.5) is 26.3 Å². The largest absolute Gasteiger partial charge is 0.416 e. The van der Waals surface area contributed by atoms with E-state index in [1.165, 1.54) is 48.0 Å². The number of rotatable bonds is 4. The van der Waals surface area contributed by atoms with Crippen molar-refractivity contribution in [3.63, 3.8) is 0 Å². The monoisotopic (exact) mass is 558 g/mol. The number of β-amino-alcohol motifs (C(OH)–C–C–N with tert-alkyl or cyclic N) is 1. The molecule has 2 aromatic carbocycles. The van der Waals surface area contributed by atoms with Gasteiger partial charge in [-0.15, -0.1) is 0 Å². The summed E-state index contributed by atoms with van der Waals surface area (Å²) in [5.74, 6) is -0.468. The molecule has 1 atom stereocenters. The second-order valence-electron chi connectivity index (χ2n) is 9.43. The summed E-state index contributed by atoms with van der Waals surface area (Å²) in [6, 6.07) is 8.71. The molecule has 40 heavy (non-hydrogen) atoms. The zero-order chi connectivity index (χ0) is 28.7. The number of hydrogen-bond donors (Lipinski definition) is 1. The molecule has 0 saturated carbocycles. The number of likely N-dealkylation sites (tertiary alicyclic amines) is 1. The lowest BCUT2D eigenvalue weighted by molar-refractivity contribution is -0.143. The predicted octanol–water partition coefficient (Wildman–Crippen LogP) is 5.98. The van der Waals surface area contributed by atoms with Crippen molar-refractivity contribution >= 4 is 5.91 Å². The van der Waals surface area contributed by atoms with Crippen LogP contribution in [-0.4, -0.2) is 44.0 Å². The van der Waals surface area contributed by atoms with E-state index in [1.54, 1.807) is 18.3 Å². The maximum absolute atomic E-state index is 13.5. The fourth-order valence-corrected chi connectivity index (χ4v) is 4.74. The van der Waals surface area contributed by atoms with Crippen LogP contribution in [0.15, 0.2) is 79.6 Å². The van der Waals surface area contributed by atoms with Crippen LogP contribution < -0.4 is 0 Å². The van der Waals surface area contributed by atoms with E-state index in [2.05, 4.69) is 15.0 Å². The zero-order valence-corrected chi connectivity index (χ0v) is 20.5. The third-order valence-corrected chi connectivity index (χ3v) is 6.77. The quantitative estimate of drug-likeness (QED) is 0.312. The number of halogens is 6. The number of carbonyl (C=O) groups is 1. The summed E-state index contributed by atoms with van der Waals surface area (Å²) < 4.78 is 81.2. The van der Waals surface area contributed by atoms with Crippen molar-refractivity contribution in [1.82, 2.24) is 19.9 Å². The first-order valence-corrected chi connectivity index (χ1v) is 12.0. The van der Waals surface area contributed by atoms with Crippen molar-refractivity contribution in [3.8, 4) is 22.3 Å². The topological polar surface area (TPSA) is 79.2 Å². The van der Waals surface area contributed by atoms with Crippen molar-refractivity contribution in [3.05, 3.63) is 102 Å². The Labute approximate surface area is 224 Å². The SMILES string of the molecule is O=C(c1ccc(-c2cc(C(F)(F)F)cc(C(F)(F)F)c2)c(-c2cncnc2)c1)N1CCC(O)(c2cccnc2)C1. The predicted molar refractivity (Wildman–Crippen MR) is 132 cm³/mol. The van der Waals surface area contributed by atoms with Crippen molar-refractivity contribution in [2.24, 2.45) is 0 Å². The van der Waals surface area contributed by atoms with Crippen LogP contribution >= 0.6 is 0 Å². The van der Waals surface area contributed by atoms with Gasteiger partial charge in [-0.3, -0.25) is 9.78 Å². The molecule has 1 aliphatic rings. The highest BCUT2D eigenvalue weighted by Gasteiger charge is 2.40. The molecule has 0 spiro atoms. The van der Waals surface area contributed by atoms with E-state index in [1.807, 2.05) is 0 Å². The fraction of sp³-hybridized carbons (Fsp3) is 0.214. The lowest BCUT2D eigenvalue weighted by Gasteiger charge is -2.24.